The Hall–Kier alpha value is -3.17. The number of hydrogen-bond acceptors (Lipinski definition) is 5. The third kappa shape index (κ3) is 3.74. The molecule has 7 nitrogen and oxygen atoms in total. The lowest BCUT2D eigenvalue weighted by Crippen LogP contribution is -2.12. The zero-order chi connectivity index (χ0) is 20.8. The van der Waals surface area contributed by atoms with Crippen LogP contribution in [0.2, 0.25) is 0 Å². The summed E-state index contributed by atoms with van der Waals surface area (Å²) in [7, 11) is -2.42. The van der Waals surface area contributed by atoms with Crippen molar-refractivity contribution < 1.29 is 18.3 Å². The van der Waals surface area contributed by atoms with Crippen LogP contribution in [0.15, 0.2) is 59.6 Å². The molecule has 2 heterocycles. The fourth-order valence-electron chi connectivity index (χ4n) is 2.94. The van der Waals surface area contributed by atoms with Crippen LogP contribution in [0.5, 0.6) is 0 Å². The molecule has 0 amide bonds. The first kappa shape index (κ1) is 19.2. The number of aromatic carboxylic acids is 1. The lowest BCUT2D eigenvalue weighted by atomic mass is 10.2. The molecule has 9 heteroatoms. The van der Waals surface area contributed by atoms with Gasteiger partial charge in [-0.15, -0.1) is 11.3 Å². The highest BCUT2D eigenvalue weighted by Crippen LogP contribution is 2.31. The number of hydrogen-bond donors (Lipinski definition) is 2. The second-order valence-corrected chi connectivity index (χ2v) is 9.36. The van der Waals surface area contributed by atoms with Crippen molar-refractivity contribution in [1.29, 1.82) is 0 Å². The summed E-state index contributed by atoms with van der Waals surface area (Å²) in [5.41, 5.74) is 3.26. The van der Waals surface area contributed by atoms with E-state index in [0.717, 1.165) is 26.9 Å². The monoisotopic (exact) mass is 427 g/mol. The van der Waals surface area contributed by atoms with Gasteiger partial charge in [-0.25, -0.2) is 18.2 Å². The molecular weight excluding hydrogens is 410 g/mol. The first-order valence-corrected chi connectivity index (χ1v) is 10.9. The van der Waals surface area contributed by atoms with Crippen LogP contribution in [0, 0.1) is 6.92 Å². The SMILES string of the molecule is Cc1ccc2nc(-c3ccc(NS(=O)(=O)c4cc(C(=O)O)n(C)c4)cc3)sc2c1. The zero-order valence-electron chi connectivity index (χ0n) is 15.6. The minimum Gasteiger partial charge on any atom is -0.477 e. The normalized spacial score (nSPS) is 11.7. The van der Waals surface area contributed by atoms with Crippen molar-refractivity contribution >= 4 is 43.2 Å². The van der Waals surface area contributed by atoms with Gasteiger partial charge in [-0.05, 0) is 55.0 Å². The molecule has 29 heavy (non-hydrogen) atoms. The number of aromatic nitrogens is 2. The summed E-state index contributed by atoms with van der Waals surface area (Å²) < 4.78 is 30.0. The summed E-state index contributed by atoms with van der Waals surface area (Å²) in [4.78, 5) is 15.7. The molecule has 0 fully saturated rings. The zero-order valence-corrected chi connectivity index (χ0v) is 17.2. The standard InChI is InChI=1S/C20H17N3O4S2/c1-12-3-8-16-18(9-12)28-19(21-16)13-4-6-14(7-5-13)22-29(26,27)15-10-17(20(24)25)23(2)11-15/h3-11,22H,1-2H3,(H,24,25). The number of aryl methyl sites for hydroxylation is 2. The van der Waals surface area contributed by atoms with Crippen LogP contribution in [0.4, 0.5) is 5.69 Å². The maximum Gasteiger partial charge on any atom is 0.352 e. The summed E-state index contributed by atoms with van der Waals surface area (Å²) >= 11 is 1.58. The number of thiazole rings is 1. The van der Waals surface area contributed by atoms with E-state index in [0.29, 0.717) is 5.69 Å². The quantitative estimate of drug-likeness (QED) is 0.499. The molecule has 0 aliphatic heterocycles. The van der Waals surface area contributed by atoms with Crippen LogP contribution in [0.25, 0.3) is 20.8 Å². The van der Waals surface area contributed by atoms with Gasteiger partial charge in [-0.2, -0.15) is 0 Å². The molecule has 0 bridgehead atoms. The summed E-state index contributed by atoms with van der Waals surface area (Å²) in [6.07, 6.45) is 1.27. The lowest BCUT2D eigenvalue weighted by Gasteiger charge is -2.07. The van der Waals surface area contributed by atoms with Crippen LogP contribution in [0.1, 0.15) is 16.1 Å². The van der Waals surface area contributed by atoms with Crippen molar-refractivity contribution in [3.05, 3.63) is 66.0 Å². The molecule has 0 spiro atoms. The predicted octanol–water partition coefficient (Wildman–Crippen LogP) is 4.11. The maximum atomic E-state index is 12.6. The molecule has 0 atom stereocenters. The van der Waals surface area contributed by atoms with Gasteiger partial charge in [0.05, 0.1) is 10.2 Å². The third-order valence-corrected chi connectivity index (χ3v) is 6.85. The Bertz CT molecular complexity index is 1340. The second kappa shape index (κ2) is 7.02. The Kier molecular flexibility index (Phi) is 4.64. The number of carboxylic acid groups (broad SMARTS) is 1. The molecule has 2 aromatic carbocycles. The molecule has 0 aliphatic rings. The first-order valence-electron chi connectivity index (χ1n) is 8.63. The number of fused-ring (bicyclic) bond motifs is 1. The van der Waals surface area contributed by atoms with Gasteiger partial charge in [0, 0.05) is 24.5 Å². The fourth-order valence-corrected chi connectivity index (χ4v) is 5.14. The van der Waals surface area contributed by atoms with Gasteiger partial charge < -0.3 is 9.67 Å². The third-order valence-electron chi connectivity index (χ3n) is 4.44. The number of nitrogens with zero attached hydrogens (tertiary/aromatic N) is 2. The second-order valence-electron chi connectivity index (χ2n) is 6.65. The van der Waals surface area contributed by atoms with Crippen molar-refractivity contribution in [3.8, 4) is 10.6 Å². The van der Waals surface area contributed by atoms with Gasteiger partial charge in [0.1, 0.15) is 15.6 Å². The van der Waals surface area contributed by atoms with E-state index >= 15 is 0 Å². The van der Waals surface area contributed by atoms with Crippen LogP contribution in [-0.4, -0.2) is 29.0 Å². The number of carboxylic acids is 1. The highest BCUT2D eigenvalue weighted by atomic mass is 32.2. The molecular formula is C20H17N3O4S2. The maximum absolute atomic E-state index is 12.6. The molecule has 4 aromatic rings. The van der Waals surface area contributed by atoms with E-state index in [1.54, 1.807) is 35.6 Å². The van der Waals surface area contributed by atoms with E-state index in [-0.39, 0.29) is 10.6 Å². The lowest BCUT2D eigenvalue weighted by molar-refractivity contribution is 0.0686. The van der Waals surface area contributed by atoms with Crippen molar-refractivity contribution in [2.75, 3.05) is 4.72 Å². The van der Waals surface area contributed by atoms with Gasteiger partial charge in [-0.3, -0.25) is 4.72 Å². The van der Waals surface area contributed by atoms with E-state index < -0.39 is 16.0 Å². The molecule has 0 aliphatic carbocycles. The molecule has 2 N–H and O–H groups in total. The smallest absolute Gasteiger partial charge is 0.352 e. The number of anilines is 1. The molecule has 148 valence electrons. The summed E-state index contributed by atoms with van der Waals surface area (Å²) in [6, 6.07) is 14.1. The van der Waals surface area contributed by atoms with Crippen molar-refractivity contribution in [2.24, 2.45) is 7.05 Å². The average Bonchev–Trinajstić information content (AvgIpc) is 3.25. The van der Waals surface area contributed by atoms with Crippen LogP contribution in [0.3, 0.4) is 0 Å². The van der Waals surface area contributed by atoms with Crippen molar-refractivity contribution in [3.63, 3.8) is 0 Å². The molecule has 0 radical (unpaired) electrons. The number of sulfonamides is 1. The van der Waals surface area contributed by atoms with E-state index in [1.165, 1.54) is 23.4 Å². The summed E-state index contributed by atoms with van der Waals surface area (Å²) in [5, 5.41) is 9.96. The van der Waals surface area contributed by atoms with E-state index in [2.05, 4.69) is 15.8 Å². The topological polar surface area (TPSA) is 101 Å². The molecule has 0 saturated carbocycles. The largest absolute Gasteiger partial charge is 0.477 e. The van der Waals surface area contributed by atoms with Crippen molar-refractivity contribution in [1.82, 2.24) is 9.55 Å². The Morgan fingerprint density at radius 2 is 1.86 bits per heavy atom. The Morgan fingerprint density at radius 3 is 2.52 bits per heavy atom. The molecule has 4 rings (SSSR count). The van der Waals surface area contributed by atoms with Crippen molar-refractivity contribution in [2.45, 2.75) is 11.8 Å². The van der Waals surface area contributed by atoms with Crippen LogP contribution < -0.4 is 4.72 Å². The summed E-state index contributed by atoms with van der Waals surface area (Å²) in [5.74, 6) is -1.19. The van der Waals surface area contributed by atoms with Crippen LogP contribution >= 0.6 is 11.3 Å². The Labute approximate surface area is 171 Å². The molecule has 2 aromatic heterocycles. The van der Waals surface area contributed by atoms with Crippen LogP contribution in [-0.2, 0) is 17.1 Å². The Morgan fingerprint density at radius 1 is 1.14 bits per heavy atom. The Balaban J connectivity index is 1.58. The van der Waals surface area contributed by atoms with Gasteiger partial charge in [0.15, 0.2) is 0 Å². The van der Waals surface area contributed by atoms with Gasteiger partial charge in [0.25, 0.3) is 10.0 Å². The minimum atomic E-state index is -3.90. The van der Waals surface area contributed by atoms with E-state index in [9.17, 15) is 13.2 Å². The first-order chi connectivity index (χ1) is 13.7. The highest BCUT2D eigenvalue weighted by molar-refractivity contribution is 7.92. The van der Waals surface area contributed by atoms with E-state index in [1.807, 2.05) is 19.1 Å². The number of carbonyl (C=O) groups is 1. The number of benzene rings is 2. The molecule has 0 unspecified atom stereocenters. The fraction of sp³-hybridized carbons (Fsp3) is 0.100. The van der Waals surface area contributed by atoms with Gasteiger partial charge in [-0.1, -0.05) is 6.07 Å². The number of nitrogens with one attached hydrogen (secondary N) is 1. The predicted molar refractivity (Wildman–Crippen MR) is 113 cm³/mol. The highest BCUT2D eigenvalue weighted by Gasteiger charge is 2.20. The van der Waals surface area contributed by atoms with Gasteiger partial charge >= 0.3 is 5.97 Å². The van der Waals surface area contributed by atoms with E-state index in [4.69, 9.17) is 5.11 Å². The minimum absolute atomic E-state index is 0.105. The average molecular weight is 428 g/mol. The number of rotatable bonds is 5. The van der Waals surface area contributed by atoms with Gasteiger partial charge in [0.2, 0.25) is 0 Å². The summed E-state index contributed by atoms with van der Waals surface area (Å²) in [6.45, 7) is 2.03. The molecule has 0 saturated heterocycles.